The van der Waals surface area contributed by atoms with Gasteiger partial charge in [0.1, 0.15) is 54.1 Å². The maximum absolute atomic E-state index is 14.4. The van der Waals surface area contributed by atoms with Crippen molar-refractivity contribution < 1.29 is 68.1 Å². The average Bonchev–Trinajstić information content (AvgIpc) is 3.91. The van der Waals surface area contributed by atoms with Crippen molar-refractivity contribution in [1.82, 2.24) is 47.4 Å². The molecule has 0 spiro atoms. The second-order valence-corrected chi connectivity index (χ2v) is 20.9. The van der Waals surface area contributed by atoms with Gasteiger partial charge in [0.2, 0.25) is 59.1 Å². The number of aliphatic hydroxyl groups excluding tert-OH is 1. The van der Waals surface area contributed by atoms with Crippen LogP contribution in [0.15, 0.2) is 54.6 Å². The average molecular weight is 1110 g/mol. The molecule has 25 heteroatoms. The summed E-state index contributed by atoms with van der Waals surface area (Å²) in [6.45, 7) is 12.6. The molecule has 1 fully saturated rings. The number of carbonyl (C=O) groups is 11. The highest BCUT2D eigenvalue weighted by Crippen LogP contribution is 2.22. The van der Waals surface area contributed by atoms with Crippen molar-refractivity contribution in [3.05, 3.63) is 65.7 Å². The van der Waals surface area contributed by atoms with Gasteiger partial charge < -0.3 is 74.2 Å². The zero-order valence-corrected chi connectivity index (χ0v) is 46.2. The molecule has 1 saturated heterocycles. The van der Waals surface area contributed by atoms with E-state index in [1.165, 1.54) is 43.0 Å². The summed E-state index contributed by atoms with van der Waals surface area (Å²) in [6.07, 6.45) is -1.72. The minimum Gasteiger partial charge on any atom is -0.508 e. The first-order valence-electron chi connectivity index (χ1n) is 26.6. The number of phenols is 1. The summed E-state index contributed by atoms with van der Waals surface area (Å²) in [6, 6.07) is 2.62. The molecule has 0 aliphatic carbocycles. The summed E-state index contributed by atoms with van der Waals surface area (Å²) >= 11 is 0. The number of nitrogens with two attached hydrogens (primary N) is 2. The Bertz CT molecular complexity index is 2440. The maximum atomic E-state index is 14.4. The molecular formula is C54H81N11O14. The Hall–Kier alpha value is -7.67. The van der Waals surface area contributed by atoms with Gasteiger partial charge in [-0.05, 0) is 80.5 Å². The molecule has 0 unspecified atom stereocenters. The van der Waals surface area contributed by atoms with E-state index >= 15 is 0 Å². The Labute approximate surface area is 460 Å². The lowest BCUT2D eigenvalue weighted by Crippen LogP contribution is -2.62. The molecule has 0 radical (unpaired) electrons. The van der Waals surface area contributed by atoms with E-state index in [1.54, 1.807) is 71.9 Å². The number of primary amides is 1. The lowest BCUT2D eigenvalue weighted by atomic mass is 9.96. The van der Waals surface area contributed by atoms with Crippen LogP contribution in [-0.4, -0.2) is 159 Å². The van der Waals surface area contributed by atoms with Crippen LogP contribution in [0.2, 0.25) is 0 Å². The highest BCUT2D eigenvalue weighted by Gasteiger charge is 2.41. The van der Waals surface area contributed by atoms with Crippen LogP contribution < -0.4 is 54.0 Å². The molecule has 2 aromatic carbocycles. The van der Waals surface area contributed by atoms with Crippen LogP contribution in [-0.2, 0) is 65.6 Å². The zero-order valence-electron chi connectivity index (χ0n) is 46.2. The lowest BCUT2D eigenvalue weighted by molar-refractivity contribution is -0.143. The third kappa shape index (κ3) is 21.2. The number of nitrogens with zero attached hydrogens (tertiary/aromatic N) is 1. The van der Waals surface area contributed by atoms with Crippen LogP contribution in [0.1, 0.15) is 105 Å². The van der Waals surface area contributed by atoms with Gasteiger partial charge in [-0.2, -0.15) is 0 Å². The number of amides is 10. The summed E-state index contributed by atoms with van der Waals surface area (Å²) in [4.78, 5) is 149. The van der Waals surface area contributed by atoms with E-state index in [4.69, 9.17) is 11.5 Å². The van der Waals surface area contributed by atoms with E-state index in [2.05, 4.69) is 42.5 Å². The van der Waals surface area contributed by atoms with E-state index in [0.29, 0.717) is 24.0 Å². The number of carbonyl (C=O) groups excluding carboxylic acids is 10. The second kappa shape index (κ2) is 31.7. The number of likely N-dealkylation sites (tertiary alicyclic amines) is 1. The van der Waals surface area contributed by atoms with Gasteiger partial charge in [-0.25, -0.2) is 0 Å². The number of hydrogen-bond acceptors (Lipinski definition) is 14. The molecule has 15 N–H and O–H groups in total. The van der Waals surface area contributed by atoms with Gasteiger partial charge in [-0.1, -0.05) is 90.4 Å². The smallest absolute Gasteiger partial charge is 0.303 e. The molecule has 0 aromatic heterocycles. The van der Waals surface area contributed by atoms with Gasteiger partial charge in [-0.15, -0.1) is 0 Å². The van der Waals surface area contributed by atoms with Crippen molar-refractivity contribution >= 4 is 65.0 Å². The van der Waals surface area contributed by atoms with Crippen molar-refractivity contribution in [2.45, 2.75) is 167 Å². The van der Waals surface area contributed by atoms with E-state index in [1.807, 2.05) is 0 Å². The number of carboxylic acid groups (broad SMARTS) is 1. The number of carboxylic acids is 1. The number of nitrogens with one attached hydrogen (secondary N) is 8. The van der Waals surface area contributed by atoms with Gasteiger partial charge >= 0.3 is 5.97 Å². The molecule has 1 aliphatic rings. The Balaban J connectivity index is 1.88. The Morgan fingerprint density at radius 3 is 1.72 bits per heavy atom. The molecule has 10 amide bonds. The predicted octanol–water partition coefficient (Wildman–Crippen LogP) is -1.50. The first-order chi connectivity index (χ1) is 37.1. The summed E-state index contributed by atoms with van der Waals surface area (Å²) < 4.78 is 0. The van der Waals surface area contributed by atoms with Crippen LogP contribution in [0.25, 0.3) is 0 Å². The van der Waals surface area contributed by atoms with E-state index < -0.39 is 151 Å². The summed E-state index contributed by atoms with van der Waals surface area (Å²) in [5, 5.41) is 50.6. The van der Waals surface area contributed by atoms with Gasteiger partial charge in [0.05, 0.1) is 18.7 Å². The SMILES string of the molecule is CC[C@H](C)[C@H](NC(=O)[C@@H]1CCCN1C(=O)[C@@H](NC(=O)[C@H](C)N)C(C)C)C(=O)N[C@@H](Cc1ccccc1)C(=O)N[C@H](C(=O)N[C@@H](Cc1ccc(O)cc1)C(=O)NCC(=O)N[C@@H](CCC(=O)O)C(=O)N[C@@H](CC(C)C)C(N)=O)[C@@H](C)O. The fraction of sp³-hybridized carbons (Fsp3) is 0.574. The quantitative estimate of drug-likeness (QED) is 0.0409. The van der Waals surface area contributed by atoms with E-state index in [0.717, 1.165) is 0 Å². The van der Waals surface area contributed by atoms with Crippen LogP contribution >= 0.6 is 0 Å². The Morgan fingerprint density at radius 1 is 0.646 bits per heavy atom. The molecule has 25 nitrogen and oxygen atoms in total. The zero-order chi connectivity index (χ0) is 59.3. The number of rotatable bonds is 31. The first-order valence-corrected chi connectivity index (χ1v) is 26.6. The molecule has 2 aromatic rings. The van der Waals surface area contributed by atoms with Gasteiger partial charge in [0.25, 0.3) is 0 Å². The number of benzene rings is 2. The third-order valence-corrected chi connectivity index (χ3v) is 13.4. The summed E-state index contributed by atoms with van der Waals surface area (Å²) in [7, 11) is 0. The molecule has 436 valence electrons. The molecule has 3 rings (SSSR count). The molecular weight excluding hydrogens is 1030 g/mol. The molecule has 1 heterocycles. The highest BCUT2D eigenvalue weighted by molar-refractivity contribution is 5.98. The fourth-order valence-electron chi connectivity index (χ4n) is 8.61. The minimum atomic E-state index is -1.78. The Kier molecular flexibility index (Phi) is 26.3. The fourth-order valence-corrected chi connectivity index (χ4v) is 8.61. The predicted molar refractivity (Wildman–Crippen MR) is 288 cm³/mol. The molecule has 79 heavy (non-hydrogen) atoms. The highest BCUT2D eigenvalue weighted by atomic mass is 16.4. The molecule has 1 aliphatic heterocycles. The van der Waals surface area contributed by atoms with Crippen molar-refractivity contribution in [1.29, 1.82) is 0 Å². The lowest BCUT2D eigenvalue weighted by Gasteiger charge is -2.32. The van der Waals surface area contributed by atoms with Crippen LogP contribution in [0.5, 0.6) is 5.75 Å². The standard InChI is InChI=1S/C54H81N11O14/c1-9-30(6)44(63-51(76)40-16-13-23-65(40)54(79)43(29(4)5)62-47(72)31(7)55)52(77)61-39(25-33-14-11-10-12-15-33)50(75)64-45(32(8)66)53(78)60-38(26-34-17-19-35(67)20-18-34)48(73)57-27-41(68)58-36(21-22-42(69)70)49(74)59-37(46(56)71)24-28(2)3/h10-12,14-15,17-20,28-32,36-40,43-45,66-67H,9,13,16,21-27,55H2,1-8H3,(H2,56,71)(H,57,73)(H,58,68)(H,59,74)(H,60,78)(H,61,77)(H,62,72)(H,63,76)(H,64,75)(H,69,70)/t30-,31-,32+,36-,37-,38-,39-,40-,43-,44-,45-/m0/s1. The van der Waals surface area contributed by atoms with Crippen molar-refractivity contribution in [3.63, 3.8) is 0 Å². The number of aliphatic hydroxyl groups is 1. The first kappa shape index (κ1) is 65.6. The van der Waals surface area contributed by atoms with Crippen molar-refractivity contribution in [2.75, 3.05) is 13.1 Å². The third-order valence-electron chi connectivity index (χ3n) is 13.4. The van der Waals surface area contributed by atoms with Crippen LogP contribution in [0.4, 0.5) is 0 Å². The Morgan fingerprint density at radius 2 is 1.19 bits per heavy atom. The van der Waals surface area contributed by atoms with E-state index in [-0.39, 0.29) is 49.8 Å². The van der Waals surface area contributed by atoms with Crippen molar-refractivity contribution in [2.24, 2.45) is 29.2 Å². The number of phenolic OH excluding ortho intramolecular Hbond substituents is 1. The minimum absolute atomic E-state index is 0.0768. The maximum Gasteiger partial charge on any atom is 0.303 e. The van der Waals surface area contributed by atoms with Crippen LogP contribution in [0, 0.1) is 17.8 Å². The monoisotopic (exact) mass is 1110 g/mol. The molecule has 0 saturated carbocycles. The molecule has 0 bridgehead atoms. The van der Waals surface area contributed by atoms with Crippen LogP contribution in [0.3, 0.4) is 0 Å². The normalized spacial score (nSPS) is 17.0. The summed E-state index contributed by atoms with van der Waals surface area (Å²) in [5.74, 6) is -10.5. The van der Waals surface area contributed by atoms with Gasteiger partial charge in [0.15, 0.2) is 0 Å². The van der Waals surface area contributed by atoms with Gasteiger partial charge in [-0.3, -0.25) is 52.7 Å². The number of aliphatic carboxylic acids is 1. The van der Waals surface area contributed by atoms with Crippen molar-refractivity contribution in [3.8, 4) is 5.75 Å². The molecule has 11 atom stereocenters. The topological polar surface area (TPSA) is 400 Å². The van der Waals surface area contributed by atoms with Gasteiger partial charge in [0, 0.05) is 25.8 Å². The summed E-state index contributed by atoms with van der Waals surface area (Å²) in [5.41, 5.74) is 12.2. The van der Waals surface area contributed by atoms with E-state index in [9.17, 15) is 68.1 Å². The second-order valence-electron chi connectivity index (χ2n) is 20.9. The number of hydrogen-bond donors (Lipinski definition) is 13. The number of aromatic hydroxyl groups is 1. The largest absolute Gasteiger partial charge is 0.508 e.